The molecule has 0 aliphatic carbocycles. The van der Waals surface area contributed by atoms with E-state index in [4.69, 9.17) is 0 Å². The average molecular weight is 202 g/mol. The van der Waals surface area contributed by atoms with Gasteiger partial charge in [-0.2, -0.15) is 0 Å². The molecule has 80 valence electrons. The van der Waals surface area contributed by atoms with Crippen LogP contribution in [0.4, 0.5) is 0 Å². The SMILES string of the molecule is c1cc2c(c(C3CCCN3)c1)CNCC2. The number of rotatable bonds is 1. The highest BCUT2D eigenvalue weighted by molar-refractivity contribution is 5.39. The van der Waals surface area contributed by atoms with E-state index in [9.17, 15) is 0 Å². The summed E-state index contributed by atoms with van der Waals surface area (Å²) in [7, 11) is 0. The molecule has 1 unspecified atom stereocenters. The standard InChI is InChI=1S/C13H18N2/c1-3-10-6-8-14-9-12(10)11(4-1)13-5-2-7-15-13/h1,3-4,13-15H,2,5-9H2. The van der Waals surface area contributed by atoms with Gasteiger partial charge in [0.15, 0.2) is 0 Å². The highest BCUT2D eigenvalue weighted by atomic mass is 14.9. The first-order valence-electron chi connectivity index (χ1n) is 6.00. The summed E-state index contributed by atoms with van der Waals surface area (Å²) in [6.07, 6.45) is 3.81. The first-order valence-corrected chi connectivity index (χ1v) is 6.00. The van der Waals surface area contributed by atoms with Crippen molar-refractivity contribution in [3.63, 3.8) is 0 Å². The summed E-state index contributed by atoms with van der Waals surface area (Å²) in [5, 5.41) is 7.07. The molecule has 2 heteroatoms. The molecular formula is C13H18N2. The predicted octanol–water partition coefficient (Wildman–Crippen LogP) is 1.76. The fourth-order valence-corrected chi connectivity index (χ4v) is 2.82. The smallest absolute Gasteiger partial charge is 0.0324 e. The summed E-state index contributed by atoms with van der Waals surface area (Å²) in [6.45, 7) is 3.37. The Bertz CT molecular complexity index is 354. The second-order valence-electron chi connectivity index (χ2n) is 4.56. The summed E-state index contributed by atoms with van der Waals surface area (Å²) in [4.78, 5) is 0. The lowest BCUT2D eigenvalue weighted by atomic mass is 9.91. The van der Waals surface area contributed by atoms with Crippen molar-refractivity contribution in [1.82, 2.24) is 10.6 Å². The van der Waals surface area contributed by atoms with Gasteiger partial charge in [-0.25, -0.2) is 0 Å². The van der Waals surface area contributed by atoms with Crippen molar-refractivity contribution in [2.75, 3.05) is 13.1 Å². The van der Waals surface area contributed by atoms with Gasteiger partial charge in [-0.3, -0.25) is 0 Å². The lowest BCUT2D eigenvalue weighted by Crippen LogP contribution is -2.26. The van der Waals surface area contributed by atoms with Crippen molar-refractivity contribution < 1.29 is 0 Å². The molecule has 0 radical (unpaired) electrons. The molecule has 1 aromatic rings. The van der Waals surface area contributed by atoms with Crippen LogP contribution < -0.4 is 10.6 Å². The molecule has 2 aliphatic rings. The third-order valence-electron chi connectivity index (χ3n) is 3.62. The van der Waals surface area contributed by atoms with Crippen molar-refractivity contribution in [1.29, 1.82) is 0 Å². The van der Waals surface area contributed by atoms with Crippen molar-refractivity contribution in [2.45, 2.75) is 31.8 Å². The van der Waals surface area contributed by atoms with Gasteiger partial charge in [-0.15, -0.1) is 0 Å². The number of nitrogens with one attached hydrogen (secondary N) is 2. The van der Waals surface area contributed by atoms with Gasteiger partial charge in [-0.1, -0.05) is 18.2 Å². The van der Waals surface area contributed by atoms with Crippen LogP contribution in [0, 0.1) is 0 Å². The van der Waals surface area contributed by atoms with Gasteiger partial charge in [0.1, 0.15) is 0 Å². The van der Waals surface area contributed by atoms with Crippen LogP contribution >= 0.6 is 0 Å². The van der Waals surface area contributed by atoms with Crippen molar-refractivity contribution in [3.8, 4) is 0 Å². The van der Waals surface area contributed by atoms with E-state index >= 15 is 0 Å². The van der Waals surface area contributed by atoms with E-state index in [1.807, 2.05) is 0 Å². The molecule has 2 heterocycles. The molecule has 3 rings (SSSR count). The third-order valence-corrected chi connectivity index (χ3v) is 3.62. The van der Waals surface area contributed by atoms with Crippen LogP contribution in [0.1, 0.15) is 35.6 Å². The zero-order valence-corrected chi connectivity index (χ0v) is 9.05. The maximum absolute atomic E-state index is 3.60. The molecule has 0 spiro atoms. The minimum Gasteiger partial charge on any atom is -0.312 e. The molecule has 0 amide bonds. The zero-order valence-electron chi connectivity index (χ0n) is 9.05. The van der Waals surface area contributed by atoms with E-state index in [-0.39, 0.29) is 0 Å². The first kappa shape index (κ1) is 9.37. The van der Waals surface area contributed by atoms with Crippen LogP contribution in [-0.4, -0.2) is 13.1 Å². The number of benzene rings is 1. The maximum atomic E-state index is 3.60. The Labute approximate surface area is 91.1 Å². The van der Waals surface area contributed by atoms with Gasteiger partial charge in [0.2, 0.25) is 0 Å². The fraction of sp³-hybridized carbons (Fsp3) is 0.538. The van der Waals surface area contributed by atoms with Crippen LogP contribution in [0.15, 0.2) is 18.2 Å². The molecule has 0 saturated carbocycles. The largest absolute Gasteiger partial charge is 0.312 e. The van der Waals surface area contributed by atoms with Crippen LogP contribution in [0.2, 0.25) is 0 Å². The molecule has 2 aliphatic heterocycles. The van der Waals surface area contributed by atoms with E-state index < -0.39 is 0 Å². The van der Waals surface area contributed by atoms with Crippen molar-refractivity contribution in [2.24, 2.45) is 0 Å². The molecule has 0 aromatic heterocycles. The molecule has 1 fully saturated rings. The van der Waals surface area contributed by atoms with Gasteiger partial charge in [0.05, 0.1) is 0 Å². The molecule has 2 N–H and O–H groups in total. The minimum absolute atomic E-state index is 0.611. The summed E-state index contributed by atoms with van der Waals surface area (Å²) in [6, 6.07) is 7.42. The maximum Gasteiger partial charge on any atom is 0.0324 e. The number of hydrogen-bond acceptors (Lipinski definition) is 2. The lowest BCUT2D eigenvalue weighted by Gasteiger charge is -2.23. The van der Waals surface area contributed by atoms with E-state index in [1.165, 1.54) is 31.4 Å². The monoisotopic (exact) mass is 202 g/mol. The molecule has 1 atom stereocenters. The highest BCUT2D eigenvalue weighted by Crippen LogP contribution is 2.29. The van der Waals surface area contributed by atoms with E-state index in [0.29, 0.717) is 6.04 Å². The lowest BCUT2D eigenvalue weighted by molar-refractivity contribution is 0.598. The quantitative estimate of drug-likeness (QED) is 0.725. The molecule has 15 heavy (non-hydrogen) atoms. The number of hydrogen-bond donors (Lipinski definition) is 2. The van der Waals surface area contributed by atoms with Gasteiger partial charge >= 0.3 is 0 Å². The molecule has 1 aromatic carbocycles. The fourth-order valence-electron chi connectivity index (χ4n) is 2.82. The van der Waals surface area contributed by atoms with E-state index in [2.05, 4.69) is 28.8 Å². The zero-order chi connectivity index (χ0) is 10.1. The molecule has 2 nitrogen and oxygen atoms in total. The normalized spacial score (nSPS) is 25.2. The average Bonchev–Trinajstić information content (AvgIpc) is 2.82. The van der Waals surface area contributed by atoms with Crippen LogP contribution in [0.5, 0.6) is 0 Å². The predicted molar refractivity (Wildman–Crippen MR) is 61.8 cm³/mol. The topological polar surface area (TPSA) is 24.1 Å². The third kappa shape index (κ3) is 1.68. The second kappa shape index (κ2) is 3.95. The van der Waals surface area contributed by atoms with Gasteiger partial charge in [0.25, 0.3) is 0 Å². The van der Waals surface area contributed by atoms with Gasteiger partial charge in [0, 0.05) is 12.6 Å². The summed E-state index contributed by atoms with van der Waals surface area (Å²) in [5.41, 5.74) is 4.65. The van der Waals surface area contributed by atoms with Crippen molar-refractivity contribution in [3.05, 3.63) is 34.9 Å². The van der Waals surface area contributed by atoms with Crippen molar-refractivity contribution >= 4 is 0 Å². The Morgan fingerprint density at radius 2 is 2.20 bits per heavy atom. The Morgan fingerprint density at radius 3 is 3.07 bits per heavy atom. The molecule has 1 saturated heterocycles. The van der Waals surface area contributed by atoms with E-state index in [1.54, 1.807) is 11.1 Å². The second-order valence-corrected chi connectivity index (χ2v) is 4.56. The Balaban J connectivity index is 1.99. The van der Waals surface area contributed by atoms with Gasteiger partial charge < -0.3 is 10.6 Å². The summed E-state index contributed by atoms with van der Waals surface area (Å²) in [5.74, 6) is 0. The number of fused-ring (bicyclic) bond motifs is 1. The highest BCUT2D eigenvalue weighted by Gasteiger charge is 2.21. The Morgan fingerprint density at radius 1 is 1.20 bits per heavy atom. The summed E-state index contributed by atoms with van der Waals surface area (Å²) < 4.78 is 0. The van der Waals surface area contributed by atoms with Gasteiger partial charge in [-0.05, 0) is 49.0 Å². The summed E-state index contributed by atoms with van der Waals surface area (Å²) >= 11 is 0. The van der Waals surface area contributed by atoms with Crippen LogP contribution in [-0.2, 0) is 13.0 Å². The first-order chi connectivity index (χ1) is 7.45. The molecule has 0 bridgehead atoms. The Kier molecular flexibility index (Phi) is 2.47. The van der Waals surface area contributed by atoms with E-state index in [0.717, 1.165) is 13.1 Å². The van der Waals surface area contributed by atoms with Crippen LogP contribution in [0.3, 0.4) is 0 Å². The Hall–Kier alpha value is -0.860. The van der Waals surface area contributed by atoms with Crippen LogP contribution in [0.25, 0.3) is 0 Å². The minimum atomic E-state index is 0.611. The molecular weight excluding hydrogens is 184 g/mol.